The molecule has 1 aliphatic rings. The molecule has 4 nitrogen and oxygen atoms in total. The molecule has 1 saturated heterocycles. The Kier molecular flexibility index (Phi) is 5.56. The second kappa shape index (κ2) is 7.41. The number of likely N-dealkylation sites (tertiary alicyclic amines) is 1. The molecular formula is C16H24N2O2. The van der Waals surface area contributed by atoms with Gasteiger partial charge in [-0.25, -0.2) is 0 Å². The Balaban J connectivity index is 1.84. The van der Waals surface area contributed by atoms with E-state index in [1.807, 2.05) is 24.3 Å². The number of aliphatic hydroxyl groups excluding tert-OH is 1. The average Bonchev–Trinajstić information content (AvgIpc) is 2.48. The van der Waals surface area contributed by atoms with Crippen LogP contribution in [0.3, 0.4) is 0 Å². The Morgan fingerprint density at radius 1 is 1.35 bits per heavy atom. The molecule has 0 aromatic heterocycles. The van der Waals surface area contributed by atoms with Crippen molar-refractivity contribution in [3.8, 4) is 0 Å². The van der Waals surface area contributed by atoms with E-state index in [0.717, 1.165) is 38.0 Å². The zero-order valence-electron chi connectivity index (χ0n) is 12.1. The van der Waals surface area contributed by atoms with Crippen LogP contribution in [0.4, 0.5) is 5.69 Å². The molecule has 0 bridgehead atoms. The van der Waals surface area contributed by atoms with E-state index >= 15 is 0 Å². The monoisotopic (exact) mass is 276 g/mol. The molecule has 1 fully saturated rings. The van der Waals surface area contributed by atoms with Gasteiger partial charge in [0.1, 0.15) is 0 Å². The Morgan fingerprint density at radius 2 is 2.05 bits per heavy atom. The molecule has 2 N–H and O–H groups in total. The Labute approximate surface area is 120 Å². The summed E-state index contributed by atoms with van der Waals surface area (Å²) in [6.45, 7) is 4.59. The van der Waals surface area contributed by atoms with Gasteiger partial charge >= 0.3 is 0 Å². The van der Waals surface area contributed by atoms with Crippen molar-refractivity contribution in [3.05, 3.63) is 29.8 Å². The number of para-hydroxylation sites is 1. The summed E-state index contributed by atoms with van der Waals surface area (Å²) in [5.41, 5.74) is 2.09. The number of amides is 1. The van der Waals surface area contributed by atoms with Crippen LogP contribution < -0.4 is 5.32 Å². The Morgan fingerprint density at radius 3 is 2.70 bits per heavy atom. The lowest BCUT2D eigenvalue weighted by molar-refractivity contribution is -0.117. The number of rotatable bonds is 5. The molecule has 0 atom stereocenters. The molecule has 1 amide bonds. The first-order chi connectivity index (χ1) is 9.72. The summed E-state index contributed by atoms with van der Waals surface area (Å²) < 4.78 is 0. The second-order valence-electron chi connectivity index (χ2n) is 5.46. The van der Waals surface area contributed by atoms with Crippen molar-refractivity contribution in [3.63, 3.8) is 0 Å². The van der Waals surface area contributed by atoms with Gasteiger partial charge in [-0.05, 0) is 49.9 Å². The minimum absolute atomic E-state index is 0.0494. The number of aliphatic hydroxyl groups is 1. The van der Waals surface area contributed by atoms with Crippen LogP contribution in [0.15, 0.2) is 24.3 Å². The maximum absolute atomic E-state index is 12.1. The number of carbonyl (C=O) groups is 1. The number of hydrogen-bond acceptors (Lipinski definition) is 3. The van der Waals surface area contributed by atoms with Crippen LogP contribution in [0, 0.1) is 5.92 Å². The minimum atomic E-state index is 0.0494. The van der Waals surface area contributed by atoms with Gasteiger partial charge in [0.25, 0.3) is 0 Å². The SMILES string of the molecule is CCc1ccccc1NC(=O)CN1CCC(CO)CC1. The van der Waals surface area contributed by atoms with E-state index in [2.05, 4.69) is 17.1 Å². The number of aryl methyl sites for hydroxylation is 1. The molecular weight excluding hydrogens is 252 g/mol. The van der Waals surface area contributed by atoms with Gasteiger partial charge in [0.2, 0.25) is 5.91 Å². The van der Waals surface area contributed by atoms with Crippen molar-refractivity contribution in [1.82, 2.24) is 4.90 Å². The minimum Gasteiger partial charge on any atom is -0.396 e. The van der Waals surface area contributed by atoms with Crippen LogP contribution >= 0.6 is 0 Å². The summed E-state index contributed by atoms with van der Waals surface area (Å²) >= 11 is 0. The molecule has 0 saturated carbocycles. The van der Waals surface area contributed by atoms with Gasteiger partial charge in [0, 0.05) is 12.3 Å². The van der Waals surface area contributed by atoms with Crippen LogP contribution in [-0.2, 0) is 11.2 Å². The third-order valence-corrected chi connectivity index (χ3v) is 4.00. The summed E-state index contributed by atoms with van der Waals surface area (Å²) in [6.07, 6.45) is 2.88. The van der Waals surface area contributed by atoms with Crippen molar-refractivity contribution in [2.45, 2.75) is 26.2 Å². The summed E-state index contributed by atoms with van der Waals surface area (Å²) in [4.78, 5) is 14.3. The number of nitrogens with one attached hydrogen (secondary N) is 1. The molecule has 110 valence electrons. The zero-order chi connectivity index (χ0) is 14.4. The van der Waals surface area contributed by atoms with Crippen LogP contribution in [0.5, 0.6) is 0 Å². The van der Waals surface area contributed by atoms with Gasteiger partial charge in [-0.1, -0.05) is 25.1 Å². The molecule has 0 unspecified atom stereocenters. The topological polar surface area (TPSA) is 52.6 Å². The molecule has 1 aliphatic heterocycles. The van der Waals surface area contributed by atoms with Crippen LogP contribution in [-0.4, -0.2) is 42.2 Å². The van der Waals surface area contributed by atoms with Crippen molar-refractivity contribution >= 4 is 11.6 Å². The molecule has 1 aromatic rings. The average molecular weight is 276 g/mol. The summed E-state index contributed by atoms with van der Waals surface area (Å²) in [5, 5.41) is 12.1. The lowest BCUT2D eigenvalue weighted by Gasteiger charge is -2.30. The zero-order valence-corrected chi connectivity index (χ0v) is 12.1. The fourth-order valence-electron chi connectivity index (χ4n) is 2.67. The van der Waals surface area contributed by atoms with Crippen molar-refractivity contribution in [1.29, 1.82) is 0 Å². The number of piperidine rings is 1. The van der Waals surface area contributed by atoms with Crippen molar-refractivity contribution in [2.75, 3.05) is 31.6 Å². The maximum atomic E-state index is 12.1. The van der Waals surface area contributed by atoms with Crippen LogP contribution in [0.2, 0.25) is 0 Å². The summed E-state index contributed by atoms with van der Waals surface area (Å²) in [6, 6.07) is 7.94. The van der Waals surface area contributed by atoms with E-state index in [0.29, 0.717) is 12.5 Å². The fraction of sp³-hybridized carbons (Fsp3) is 0.562. The smallest absolute Gasteiger partial charge is 0.238 e. The van der Waals surface area contributed by atoms with E-state index in [1.165, 1.54) is 5.56 Å². The van der Waals surface area contributed by atoms with Gasteiger partial charge in [-0.2, -0.15) is 0 Å². The predicted octanol–water partition coefficient (Wildman–Crippen LogP) is 1.89. The molecule has 0 radical (unpaired) electrons. The first kappa shape index (κ1) is 15.0. The Bertz CT molecular complexity index is 440. The maximum Gasteiger partial charge on any atom is 0.238 e. The normalized spacial score (nSPS) is 17.1. The number of nitrogens with zero attached hydrogens (tertiary/aromatic N) is 1. The van der Waals surface area contributed by atoms with Gasteiger partial charge in [0.05, 0.1) is 6.54 Å². The van der Waals surface area contributed by atoms with E-state index in [9.17, 15) is 4.79 Å². The standard InChI is InChI=1S/C16H24N2O2/c1-2-14-5-3-4-6-15(14)17-16(20)11-18-9-7-13(12-19)8-10-18/h3-6,13,19H,2,7-12H2,1H3,(H,17,20). The van der Waals surface area contributed by atoms with Crippen molar-refractivity contribution < 1.29 is 9.90 Å². The number of anilines is 1. The largest absolute Gasteiger partial charge is 0.396 e. The molecule has 0 aliphatic carbocycles. The first-order valence-corrected chi connectivity index (χ1v) is 7.44. The lowest BCUT2D eigenvalue weighted by Crippen LogP contribution is -2.39. The fourth-order valence-corrected chi connectivity index (χ4v) is 2.67. The molecule has 2 rings (SSSR count). The molecule has 1 aromatic carbocycles. The number of carbonyl (C=O) groups excluding carboxylic acids is 1. The number of hydrogen-bond donors (Lipinski definition) is 2. The van der Waals surface area contributed by atoms with Gasteiger partial charge in [0.15, 0.2) is 0 Å². The Hall–Kier alpha value is -1.39. The molecule has 4 heteroatoms. The third-order valence-electron chi connectivity index (χ3n) is 4.00. The summed E-state index contributed by atoms with van der Waals surface area (Å²) in [7, 11) is 0. The third kappa shape index (κ3) is 4.05. The predicted molar refractivity (Wildman–Crippen MR) is 80.7 cm³/mol. The van der Waals surface area contributed by atoms with Gasteiger partial charge in [-0.3, -0.25) is 9.69 Å². The van der Waals surface area contributed by atoms with E-state index in [-0.39, 0.29) is 12.5 Å². The summed E-state index contributed by atoms with van der Waals surface area (Å²) in [5.74, 6) is 0.462. The molecule has 0 spiro atoms. The highest BCUT2D eigenvalue weighted by Crippen LogP contribution is 2.17. The van der Waals surface area contributed by atoms with E-state index in [4.69, 9.17) is 5.11 Å². The van der Waals surface area contributed by atoms with Crippen molar-refractivity contribution in [2.24, 2.45) is 5.92 Å². The highest BCUT2D eigenvalue weighted by atomic mass is 16.3. The number of benzene rings is 1. The lowest BCUT2D eigenvalue weighted by atomic mass is 9.98. The molecule has 20 heavy (non-hydrogen) atoms. The molecule has 1 heterocycles. The highest BCUT2D eigenvalue weighted by Gasteiger charge is 2.20. The highest BCUT2D eigenvalue weighted by molar-refractivity contribution is 5.93. The van der Waals surface area contributed by atoms with E-state index in [1.54, 1.807) is 0 Å². The van der Waals surface area contributed by atoms with E-state index < -0.39 is 0 Å². The second-order valence-corrected chi connectivity index (χ2v) is 5.46. The van der Waals surface area contributed by atoms with Crippen LogP contribution in [0.25, 0.3) is 0 Å². The van der Waals surface area contributed by atoms with Gasteiger partial charge in [-0.15, -0.1) is 0 Å². The first-order valence-electron chi connectivity index (χ1n) is 7.44. The quantitative estimate of drug-likeness (QED) is 0.863. The van der Waals surface area contributed by atoms with Crippen LogP contribution in [0.1, 0.15) is 25.3 Å². The van der Waals surface area contributed by atoms with Gasteiger partial charge < -0.3 is 10.4 Å².